The summed E-state index contributed by atoms with van der Waals surface area (Å²) in [5, 5.41) is 3.35. The second-order valence-electron chi connectivity index (χ2n) is 4.49. The highest BCUT2D eigenvalue weighted by Crippen LogP contribution is 2.27. The van der Waals surface area contributed by atoms with Crippen molar-refractivity contribution in [2.24, 2.45) is 5.92 Å². The fourth-order valence-electron chi connectivity index (χ4n) is 2.78. The van der Waals surface area contributed by atoms with Crippen molar-refractivity contribution in [2.75, 3.05) is 19.6 Å². The number of hydrogen-bond donors (Lipinski definition) is 1. The molecule has 0 bridgehead atoms. The number of amides is 1. The smallest absolute Gasteiger partial charge is 0.291 e. The molecule has 2 unspecified atom stereocenters. The topological polar surface area (TPSA) is 58.4 Å². The first kappa shape index (κ1) is 9.84. The number of likely N-dealkylation sites (tertiary alicyclic amines) is 1. The standard InChI is InChI=1S/C11H15N3O2/c15-11(10-6-13-7-16-10)14-3-1-2-8-4-12-5-9(8)14/h6-9,12H,1-5H2. The molecule has 1 aromatic heterocycles. The Balaban J connectivity index is 1.80. The summed E-state index contributed by atoms with van der Waals surface area (Å²) in [6.07, 6.45) is 5.11. The van der Waals surface area contributed by atoms with Gasteiger partial charge in [0, 0.05) is 25.7 Å². The molecule has 0 aromatic carbocycles. The molecule has 2 saturated heterocycles. The molecule has 1 amide bonds. The van der Waals surface area contributed by atoms with Gasteiger partial charge in [0.2, 0.25) is 5.76 Å². The molecular formula is C11H15N3O2. The maximum absolute atomic E-state index is 12.2. The molecule has 1 aromatic rings. The molecule has 2 aliphatic heterocycles. The van der Waals surface area contributed by atoms with E-state index in [0.717, 1.165) is 26.1 Å². The van der Waals surface area contributed by atoms with Gasteiger partial charge < -0.3 is 14.6 Å². The number of fused-ring (bicyclic) bond motifs is 1. The van der Waals surface area contributed by atoms with Gasteiger partial charge in [-0.25, -0.2) is 4.98 Å². The fraction of sp³-hybridized carbons (Fsp3) is 0.636. The summed E-state index contributed by atoms with van der Waals surface area (Å²) >= 11 is 0. The number of aromatic nitrogens is 1. The monoisotopic (exact) mass is 221 g/mol. The molecule has 1 N–H and O–H groups in total. The predicted octanol–water partition coefficient (Wildman–Crippen LogP) is 0.499. The minimum atomic E-state index is -0.0177. The van der Waals surface area contributed by atoms with Crippen LogP contribution in [0.25, 0.3) is 0 Å². The van der Waals surface area contributed by atoms with E-state index in [1.165, 1.54) is 19.0 Å². The van der Waals surface area contributed by atoms with Gasteiger partial charge in [0.15, 0.2) is 6.39 Å². The zero-order valence-corrected chi connectivity index (χ0v) is 9.06. The van der Waals surface area contributed by atoms with Crippen LogP contribution in [0.2, 0.25) is 0 Å². The molecular weight excluding hydrogens is 206 g/mol. The highest BCUT2D eigenvalue weighted by atomic mass is 16.3. The third-order valence-corrected chi connectivity index (χ3v) is 3.58. The van der Waals surface area contributed by atoms with Crippen molar-refractivity contribution in [3.8, 4) is 0 Å². The van der Waals surface area contributed by atoms with Crippen LogP contribution in [0, 0.1) is 5.92 Å². The lowest BCUT2D eigenvalue weighted by Gasteiger charge is -2.36. The van der Waals surface area contributed by atoms with E-state index in [9.17, 15) is 4.79 Å². The molecule has 3 rings (SSSR count). The van der Waals surface area contributed by atoms with Gasteiger partial charge in [0.25, 0.3) is 5.91 Å². The van der Waals surface area contributed by atoms with Crippen LogP contribution in [0.3, 0.4) is 0 Å². The molecule has 16 heavy (non-hydrogen) atoms. The number of carbonyl (C=O) groups is 1. The third-order valence-electron chi connectivity index (χ3n) is 3.58. The van der Waals surface area contributed by atoms with Crippen LogP contribution in [0.1, 0.15) is 23.4 Å². The first-order valence-corrected chi connectivity index (χ1v) is 5.76. The zero-order chi connectivity index (χ0) is 11.0. The fourth-order valence-corrected chi connectivity index (χ4v) is 2.78. The number of oxazole rings is 1. The van der Waals surface area contributed by atoms with Crippen molar-refractivity contribution < 1.29 is 9.21 Å². The zero-order valence-electron chi connectivity index (χ0n) is 9.06. The van der Waals surface area contributed by atoms with E-state index < -0.39 is 0 Å². The van der Waals surface area contributed by atoms with Crippen LogP contribution in [-0.2, 0) is 0 Å². The lowest BCUT2D eigenvalue weighted by molar-refractivity contribution is 0.0543. The molecule has 0 aliphatic carbocycles. The number of rotatable bonds is 1. The first-order chi connectivity index (χ1) is 7.86. The summed E-state index contributed by atoms with van der Waals surface area (Å²) in [5.74, 6) is 0.948. The largest absolute Gasteiger partial charge is 0.438 e. The van der Waals surface area contributed by atoms with Gasteiger partial charge in [-0.05, 0) is 18.8 Å². The average Bonchev–Trinajstić information content (AvgIpc) is 2.98. The molecule has 5 heteroatoms. The van der Waals surface area contributed by atoms with E-state index >= 15 is 0 Å². The maximum Gasteiger partial charge on any atom is 0.291 e. The number of hydrogen-bond acceptors (Lipinski definition) is 4. The van der Waals surface area contributed by atoms with Crippen molar-refractivity contribution in [1.82, 2.24) is 15.2 Å². The molecule has 86 valence electrons. The van der Waals surface area contributed by atoms with Crippen LogP contribution < -0.4 is 5.32 Å². The van der Waals surface area contributed by atoms with Crippen LogP contribution in [-0.4, -0.2) is 41.5 Å². The predicted molar refractivity (Wildman–Crippen MR) is 56.9 cm³/mol. The van der Waals surface area contributed by atoms with Gasteiger partial charge >= 0.3 is 0 Å². The Morgan fingerprint density at radius 2 is 2.50 bits per heavy atom. The Hall–Kier alpha value is -1.36. The summed E-state index contributed by atoms with van der Waals surface area (Å²) in [7, 11) is 0. The van der Waals surface area contributed by atoms with Crippen LogP contribution in [0.15, 0.2) is 17.0 Å². The molecule has 0 spiro atoms. The van der Waals surface area contributed by atoms with Gasteiger partial charge in [-0.15, -0.1) is 0 Å². The highest BCUT2D eigenvalue weighted by molar-refractivity contribution is 5.91. The molecule has 5 nitrogen and oxygen atoms in total. The molecule has 2 atom stereocenters. The second-order valence-corrected chi connectivity index (χ2v) is 4.49. The summed E-state index contributed by atoms with van der Waals surface area (Å²) in [6, 6.07) is 0.339. The SMILES string of the molecule is O=C(c1cnco1)N1CCCC2CNCC21. The average molecular weight is 221 g/mol. The molecule has 2 fully saturated rings. The van der Waals surface area contributed by atoms with Crippen molar-refractivity contribution >= 4 is 5.91 Å². The van der Waals surface area contributed by atoms with E-state index in [1.807, 2.05) is 4.90 Å². The first-order valence-electron chi connectivity index (χ1n) is 5.76. The number of piperidine rings is 1. The molecule has 0 saturated carbocycles. The Bertz CT molecular complexity index is 377. The lowest BCUT2D eigenvalue weighted by Crippen LogP contribution is -2.48. The minimum absolute atomic E-state index is 0.0177. The van der Waals surface area contributed by atoms with Crippen LogP contribution in [0.4, 0.5) is 0 Å². The summed E-state index contributed by atoms with van der Waals surface area (Å²) in [6.45, 7) is 2.78. The van der Waals surface area contributed by atoms with E-state index in [1.54, 1.807) is 0 Å². The van der Waals surface area contributed by atoms with Crippen molar-refractivity contribution in [1.29, 1.82) is 0 Å². The minimum Gasteiger partial charge on any atom is -0.438 e. The summed E-state index contributed by atoms with van der Waals surface area (Å²) in [5.41, 5.74) is 0. The number of carbonyl (C=O) groups excluding carboxylic acids is 1. The Kier molecular flexibility index (Phi) is 2.40. The maximum atomic E-state index is 12.2. The van der Waals surface area contributed by atoms with Crippen molar-refractivity contribution in [2.45, 2.75) is 18.9 Å². The van der Waals surface area contributed by atoms with Crippen LogP contribution in [0.5, 0.6) is 0 Å². The van der Waals surface area contributed by atoms with E-state index in [2.05, 4.69) is 10.3 Å². The Labute approximate surface area is 93.8 Å². The van der Waals surface area contributed by atoms with E-state index in [4.69, 9.17) is 4.42 Å². The van der Waals surface area contributed by atoms with Crippen molar-refractivity contribution in [3.05, 3.63) is 18.4 Å². The second kappa shape index (κ2) is 3.90. The third kappa shape index (κ3) is 1.51. The van der Waals surface area contributed by atoms with Crippen molar-refractivity contribution in [3.63, 3.8) is 0 Å². The summed E-state index contributed by atoms with van der Waals surface area (Å²) in [4.78, 5) is 17.9. The van der Waals surface area contributed by atoms with E-state index in [-0.39, 0.29) is 5.91 Å². The highest BCUT2D eigenvalue weighted by Gasteiger charge is 2.38. The van der Waals surface area contributed by atoms with Gasteiger partial charge in [0.05, 0.1) is 6.20 Å². The van der Waals surface area contributed by atoms with E-state index in [0.29, 0.717) is 17.7 Å². The lowest BCUT2D eigenvalue weighted by atomic mass is 9.92. The molecule has 2 aliphatic rings. The molecule has 0 radical (unpaired) electrons. The normalized spacial score (nSPS) is 29.1. The molecule has 3 heterocycles. The Morgan fingerprint density at radius 3 is 3.31 bits per heavy atom. The Morgan fingerprint density at radius 1 is 1.56 bits per heavy atom. The summed E-state index contributed by atoms with van der Waals surface area (Å²) < 4.78 is 5.07. The van der Waals surface area contributed by atoms with Gasteiger partial charge in [-0.3, -0.25) is 4.79 Å². The van der Waals surface area contributed by atoms with Gasteiger partial charge in [-0.1, -0.05) is 0 Å². The van der Waals surface area contributed by atoms with Crippen LogP contribution >= 0.6 is 0 Å². The van der Waals surface area contributed by atoms with Gasteiger partial charge in [-0.2, -0.15) is 0 Å². The van der Waals surface area contributed by atoms with Gasteiger partial charge in [0.1, 0.15) is 0 Å². The number of nitrogens with zero attached hydrogens (tertiary/aromatic N) is 2. The number of nitrogens with one attached hydrogen (secondary N) is 1. The quantitative estimate of drug-likeness (QED) is 0.750.